The first-order valence-corrected chi connectivity index (χ1v) is 4.26. The maximum Gasteiger partial charge on any atom is 0.203 e. The van der Waals surface area contributed by atoms with Crippen LogP contribution < -0.4 is 0 Å². The summed E-state index contributed by atoms with van der Waals surface area (Å²) in [5, 5.41) is 4.64. The fourth-order valence-corrected chi connectivity index (χ4v) is 1.08. The Hall–Kier alpha value is -1.10. The molecule has 2 rings (SSSR count). The summed E-state index contributed by atoms with van der Waals surface area (Å²) in [5.41, 5.74) is 0.782. The van der Waals surface area contributed by atoms with Gasteiger partial charge in [0, 0.05) is 6.07 Å². The molecule has 0 N–H and O–H groups in total. The maximum atomic E-state index is 4.17. The Morgan fingerprint density at radius 3 is 3.36 bits per heavy atom. The SMILES string of the molecule is CSc1n[c]n2nccc2n1. The number of thioether (sulfide) groups is 1. The molecule has 4 nitrogen and oxygen atoms in total. The van der Waals surface area contributed by atoms with Crippen molar-refractivity contribution in [1.29, 1.82) is 0 Å². The summed E-state index contributed by atoms with van der Waals surface area (Å²) < 4.78 is 1.51. The summed E-state index contributed by atoms with van der Waals surface area (Å²) in [4.78, 5) is 8.10. The lowest BCUT2D eigenvalue weighted by atomic mass is 10.7. The summed E-state index contributed by atoms with van der Waals surface area (Å²) in [7, 11) is 0. The smallest absolute Gasteiger partial charge is 0.203 e. The highest BCUT2D eigenvalue weighted by molar-refractivity contribution is 7.98. The Labute approximate surface area is 67.7 Å². The Kier molecular flexibility index (Phi) is 1.50. The lowest BCUT2D eigenvalue weighted by molar-refractivity contribution is 0.824. The molecule has 0 bridgehead atoms. The third-order valence-corrected chi connectivity index (χ3v) is 1.80. The molecule has 0 aliphatic rings. The van der Waals surface area contributed by atoms with Crippen molar-refractivity contribution in [1.82, 2.24) is 19.6 Å². The summed E-state index contributed by atoms with van der Waals surface area (Å²) in [6.45, 7) is 0. The van der Waals surface area contributed by atoms with Gasteiger partial charge in [0.1, 0.15) is 0 Å². The van der Waals surface area contributed by atoms with E-state index in [9.17, 15) is 0 Å². The van der Waals surface area contributed by atoms with E-state index in [1.807, 2.05) is 12.3 Å². The normalized spacial score (nSPS) is 10.6. The number of hydrogen-bond acceptors (Lipinski definition) is 4. The molecule has 0 aliphatic carbocycles. The Balaban J connectivity index is 2.67. The van der Waals surface area contributed by atoms with Crippen LogP contribution in [-0.4, -0.2) is 25.8 Å². The highest BCUT2D eigenvalue weighted by Gasteiger charge is 1.97. The van der Waals surface area contributed by atoms with Crippen LogP contribution in [0.15, 0.2) is 17.4 Å². The largest absolute Gasteiger partial charge is 0.203 e. The minimum Gasteiger partial charge on any atom is -0.203 e. The molecule has 11 heavy (non-hydrogen) atoms. The van der Waals surface area contributed by atoms with E-state index in [4.69, 9.17) is 0 Å². The molecular formula is C6H5N4S. The Bertz CT molecular complexity index is 369. The summed E-state index contributed by atoms with van der Waals surface area (Å²) in [5.74, 6) is 0. The summed E-state index contributed by atoms with van der Waals surface area (Å²) in [6, 6.07) is 1.82. The number of aromatic nitrogens is 4. The van der Waals surface area contributed by atoms with Crippen LogP contribution in [0.4, 0.5) is 0 Å². The van der Waals surface area contributed by atoms with Crippen molar-refractivity contribution in [3.63, 3.8) is 0 Å². The Morgan fingerprint density at radius 2 is 2.55 bits per heavy atom. The zero-order valence-corrected chi connectivity index (χ0v) is 6.67. The molecular weight excluding hydrogens is 160 g/mol. The van der Waals surface area contributed by atoms with Crippen LogP contribution in [0.5, 0.6) is 0 Å². The van der Waals surface area contributed by atoms with Gasteiger partial charge in [0.2, 0.25) is 6.33 Å². The minimum absolute atomic E-state index is 0.720. The molecule has 0 amide bonds. The second-order valence-corrected chi connectivity index (χ2v) is 2.68. The molecule has 0 atom stereocenters. The van der Waals surface area contributed by atoms with Gasteiger partial charge in [-0.1, -0.05) is 11.8 Å². The fraction of sp³-hybridized carbons (Fsp3) is 0.167. The molecule has 0 aromatic carbocycles. The van der Waals surface area contributed by atoms with Gasteiger partial charge in [-0.25, -0.2) is 4.98 Å². The van der Waals surface area contributed by atoms with E-state index in [2.05, 4.69) is 21.4 Å². The minimum atomic E-state index is 0.720. The lowest BCUT2D eigenvalue weighted by Crippen LogP contribution is -1.94. The van der Waals surface area contributed by atoms with Crippen molar-refractivity contribution >= 4 is 17.4 Å². The van der Waals surface area contributed by atoms with Gasteiger partial charge in [0.05, 0.1) is 6.20 Å². The van der Waals surface area contributed by atoms with Gasteiger partial charge >= 0.3 is 0 Å². The highest BCUT2D eigenvalue weighted by Crippen LogP contribution is 2.07. The molecule has 5 heteroatoms. The second-order valence-electron chi connectivity index (χ2n) is 1.91. The molecule has 2 aromatic rings. The van der Waals surface area contributed by atoms with Gasteiger partial charge in [-0.2, -0.15) is 14.6 Å². The van der Waals surface area contributed by atoms with Crippen LogP contribution >= 0.6 is 11.8 Å². The molecule has 0 fully saturated rings. The Morgan fingerprint density at radius 1 is 1.64 bits per heavy atom. The predicted octanol–water partition coefficient (Wildman–Crippen LogP) is 0.646. The number of fused-ring (bicyclic) bond motifs is 1. The summed E-state index contributed by atoms with van der Waals surface area (Å²) in [6.07, 6.45) is 6.32. The van der Waals surface area contributed by atoms with Crippen molar-refractivity contribution < 1.29 is 0 Å². The fourth-order valence-electron chi connectivity index (χ4n) is 0.763. The van der Waals surface area contributed by atoms with Gasteiger partial charge in [0.25, 0.3) is 0 Å². The third-order valence-electron chi connectivity index (χ3n) is 1.26. The van der Waals surface area contributed by atoms with Crippen LogP contribution in [0.1, 0.15) is 0 Å². The maximum absolute atomic E-state index is 4.17. The zero-order chi connectivity index (χ0) is 7.68. The molecule has 0 saturated carbocycles. The van der Waals surface area contributed by atoms with Crippen LogP contribution in [0, 0.1) is 6.33 Å². The quantitative estimate of drug-likeness (QED) is 0.582. The topological polar surface area (TPSA) is 43.1 Å². The molecule has 0 aliphatic heterocycles. The first-order chi connectivity index (χ1) is 5.40. The molecule has 1 radical (unpaired) electrons. The van der Waals surface area contributed by atoms with E-state index in [-0.39, 0.29) is 0 Å². The number of hydrogen-bond donors (Lipinski definition) is 0. The van der Waals surface area contributed by atoms with Gasteiger partial charge in [-0.3, -0.25) is 0 Å². The monoisotopic (exact) mass is 165 g/mol. The van der Waals surface area contributed by atoms with E-state index in [1.165, 1.54) is 16.3 Å². The van der Waals surface area contributed by atoms with Crippen molar-refractivity contribution in [2.75, 3.05) is 6.26 Å². The van der Waals surface area contributed by atoms with E-state index >= 15 is 0 Å². The van der Waals surface area contributed by atoms with E-state index in [0.29, 0.717) is 0 Å². The van der Waals surface area contributed by atoms with Gasteiger partial charge in [-0.15, -0.1) is 0 Å². The van der Waals surface area contributed by atoms with E-state index in [0.717, 1.165) is 10.8 Å². The zero-order valence-electron chi connectivity index (χ0n) is 5.85. The predicted molar refractivity (Wildman–Crippen MR) is 41.4 cm³/mol. The molecule has 0 saturated heterocycles. The molecule has 0 unspecified atom stereocenters. The van der Waals surface area contributed by atoms with Crippen LogP contribution in [0.25, 0.3) is 5.65 Å². The average Bonchev–Trinajstić information content (AvgIpc) is 2.50. The molecule has 2 aromatic heterocycles. The van der Waals surface area contributed by atoms with Crippen molar-refractivity contribution in [3.05, 3.63) is 18.6 Å². The van der Waals surface area contributed by atoms with Crippen molar-refractivity contribution in [2.45, 2.75) is 5.16 Å². The first-order valence-electron chi connectivity index (χ1n) is 3.03. The summed E-state index contributed by atoms with van der Waals surface area (Å²) >= 11 is 1.49. The van der Waals surface area contributed by atoms with Gasteiger partial charge < -0.3 is 0 Å². The van der Waals surface area contributed by atoms with Crippen molar-refractivity contribution in [3.8, 4) is 0 Å². The molecule has 55 valence electrons. The third kappa shape index (κ3) is 1.07. The van der Waals surface area contributed by atoms with E-state index in [1.54, 1.807) is 6.20 Å². The van der Waals surface area contributed by atoms with Crippen LogP contribution in [0.2, 0.25) is 0 Å². The highest BCUT2D eigenvalue weighted by atomic mass is 32.2. The van der Waals surface area contributed by atoms with Crippen LogP contribution in [-0.2, 0) is 0 Å². The molecule has 0 spiro atoms. The second kappa shape index (κ2) is 2.50. The van der Waals surface area contributed by atoms with Crippen LogP contribution in [0.3, 0.4) is 0 Å². The van der Waals surface area contributed by atoms with Gasteiger partial charge in [0.15, 0.2) is 10.8 Å². The average molecular weight is 165 g/mol. The number of rotatable bonds is 1. The first kappa shape index (κ1) is 6.60. The van der Waals surface area contributed by atoms with Crippen molar-refractivity contribution in [2.24, 2.45) is 0 Å². The molecule has 2 heterocycles. The number of nitrogens with zero attached hydrogens (tertiary/aromatic N) is 4. The lowest BCUT2D eigenvalue weighted by Gasteiger charge is -1.92. The van der Waals surface area contributed by atoms with E-state index < -0.39 is 0 Å². The van der Waals surface area contributed by atoms with Gasteiger partial charge in [-0.05, 0) is 6.26 Å². The standard InChI is InChI=1S/C6H5N4S/c1-11-6-7-4-10-5(9-6)2-3-8-10/h2-3H,1H3.